The molecule has 0 saturated heterocycles. The Morgan fingerprint density at radius 2 is 2.40 bits per heavy atom. The van der Waals surface area contributed by atoms with Gasteiger partial charge in [-0.25, -0.2) is 0 Å². The third kappa shape index (κ3) is 3.06. The van der Waals surface area contributed by atoms with Crippen LogP contribution < -0.4 is 10.5 Å². The molecule has 58 valence electrons. The Balaban J connectivity index is 0.000000810. The van der Waals surface area contributed by atoms with E-state index in [1.807, 2.05) is 16.8 Å². The molecule has 1 atom stereocenters. The van der Waals surface area contributed by atoms with Crippen molar-refractivity contribution in [1.82, 2.24) is 0 Å². The zero-order valence-electron chi connectivity index (χ0n) is 5.61. The van der Waals surface area contributed by atoms with Crippen molar-refractivity contribution >= 4 is 23.7 Å². The SMILES string of the molecule is CC(N)Oc1ccsc1.Cl. The summed E-state index contributed by atoms with van der Waals surface area (Å²) in [7, 11) is 0. The van der Waals surface area contributed by atoms with Crippen LogP contribution in [0, 0.1) is 0 Å². The molecule has 4 heteroatoms. The largest absolute Gasteiger partial charge is 0.475 e. The van der Waals surface area contributed by atoms with E-state index in [9.17, 15) is 0 Å². The highest BCUT2D eigenvalue weighted by atomic mass is 35.5. The molecule has 0 radical (unpaired) electrons. The maximum atomic E-state index is 5.37. The van der Waals surface area contributed by atoms with Crippen molar-refractivity contribution in [3.05, 3.63) is 16.8 Å². The monoisotopic (exact) mass is 179 g/mol. The molecular weight excluding hydrogens is 170 g/mol. The van der Waals surface area contributed by atoms with E-state index in [0.29, 0.717) is 0 Å². The lowest BCUT2D eigenvalue weighted by atomic mass is 10.6. The van der Waals surface area contributed by atoms with Crippen molar-refractivity contribution in [2.75, 3.05) is 0 Å². The summed E-state index contributed by atoms with van der Waals surface area (Å²) in [4.78, 5) is 0. The Bertz CT molecular complexity index is 164. The van der Waals surface area contributed by atoms with Gasteiger partial charge >= 0.3 is 0 Å². The Kier molecular flexibility index (Phi) is 4.43. The molecule has 0 saturated carbocycles. The number of thiophene rings is 1. The minimum absolute atomic E-state index is 0. The van der Waals surface area contributed by atoms with Crippen molar-refractivity contribution < 1.29 is 4.74 Å². The van der Waals surface area contributed by atoms with Gasteiger partial charge in [-0.1, -0.05) is 0 Å². The van der Waals surface area contributed by atoms with Gasteiger partial charge in [0.25, 0.3) is 0 Å². The van der Waals surface area contributed by atoms with Gasteiger partial charge in [-0.15, -0.1) is 23.7 Å². The summed E-state index contributed by atoms with van der Waals surface area (Å²) in [5.41, 5.74) is 5.37. The van der Waals surface area contributed by atoms with Gasteiger partial charge in [-0.3, -0.25) is 5.73 Å². The van der Waals surface area contributed by atoms with Crippen LogP contribution in [0.4, 0.5) is 0 Å². The fraction of sp³-hybridized carbons (Fsp3) is 0.333. The van der Waals surface area contributed by atoms with E-state index >= 15 is 0 Å². The van der Waals surface area contributed by atoms with Crippen LogP contribution in [0.5, 0.6) is 5.75 Å². The Hall–Kier alpha value is -0.250. The number of halogens is 1. The predicted octanol–water partition coefficient (Wildman–Crippen LogP) is 1.85. The Morgan fingerprint density at radius 1 is 1.70 bits per heavy atom. The standard InChI is InChI=1S/C6H9NOS.ClH/c1-5(7)8-6-2-3-9-4-6;/h2-5H,7H2,1H3;1H. The first-order valence-corrected chi connectivity index (χ1v) is 3.68. The predicted molar refractivity (Wildman–Crippen MR) is 45.8 cm³/mol. The zero-order chi connectivity index (χ0) is 6.69. The van der Waals surface area contributed by atoms with E-state index in [1.165, 1.54) is 0 Å². The highest BCUT2D eigenvalue weighted by Gasteiger charge is 1.94. The van der Waals surface area contributed by atoms with Crippen LogP contribution in [0.2, 0.25) is 0 Å². The highest BCUT2D eigenvalue weighted by molar-refractivity contribution is 7.08. The summed E-state index contributed by atoms with van der Waals surface area (Å²) in [5.74, 6) is 0.856. The first-order chi connectivity index (χ1) is 4.29. The molecule has 2 N–H and O–H groups in total. The van der Waals surface area contributed by atoms with Crippen LogP contribution in [0.1, 0.15) is 6.92 Å². The summed E-state index contributed by atoms with van der Waals surface area (Å²) < 4.78 is 5.14. The summed E-state index contributed by atoms with van der Waals surface area (Å²) in [6.07, 6.45) is -0.209. The van der Waals surface area contributed by atoms with Crippen molar-refractivity contribution in [3.63, 3.8) is 0 Å². The van der Waals surface area contributed by atoms with Crippen LogP contribution in [0.3, 0.4) is 0 Å². The molecule has 0 spiro atoms. The summed E-state index contributed by atoms with van der Waals surface area (Å²) in [6, 6.07) is 1.90. The molecule has 1 heterocycles. The van der Waals surface area contributed by atoms with Crippen LogP contribution >= 0.6 is 23.7 Å². The smallest absolute Gasteiger partial charge is 0.144 e. The fourth-order valence-electron chi connectivity index (χ4n) is 0.534. The Labute approximate surface area is 70.4 Å². The van der Waals surface area contributed by atoms with E-state index < -0.39 is 0 Å². The van der Waals surface area contributed by atoms with Gasteiger partial charge in [0.05, 0.1) is 0 Å². The maximum absolute atomic E-state index is 5.37. The van der Waals surface area contributed by atoms with Crippen LogP contribution in [-0.2, 0) is 0 Å². The molecule has 0 aliphatic carbocycles. The van der Waals surface area contributed by atoms with Crippen molar-refractivity contribution in [3.8, 4) is 5.75 Å². The Morgan fingerprint density at radius 3 is 2.80 bits per heavy atom. The zero-order valence-corrected chi connectivity index (χ0v) is 7.24. The maximum Gasteiger partial charge on any atom is 0.144 e. The number of nitrogens with two attached hydrogens (primary N) is 1. The van der Waals surface area contributed by atoms with E-state index in [-0.39, 0.29) is 18.6 Å². The number of rotatable bonds is 2. The molecule has 1 aromatic heterocycles. The van der Waals surface area contributed by atoms with E-state index in [2.05, 4.69) is 0 Å². The average molecular weight is 180 g/mol. The second-order valence-corrected chi connectivity index (χ2v) is 2.56. The lowest BCUT2D eigenvalue weighted by Gasteiger charge is -2.05. The molecule has 0 aliphatic rings. The molecule has 0 amide bonds. The second kappa shape index (κ2) is 4.55. The number of hydrogen-bond acceptors (Lipinski definition) is 3. The fourth-order valence-corrected chi connectivity index (χ4v) is 1.09. The first kappa shape index (κ1) is 9.75. The number of ether oxygens (including phenoxy) is 1. The molecule has 0 aromatic carbocycles. The van der Waals surface area contributed by atoms with Gasteiger partial charge in [0.2, 0.25) is 0 Å². The normalized spacial score (nSPS) is 11.8. The van der Waals surface area contributed by atoms with Crippen molar-refractivity contribution in [2.45, 2.75) is 13.2 Å². The van der Waals surface area contributed by atoms with Gasteiger partial charge in [-0.05, 0) is 18.4 Å². The van der Waals surface area contributed by atoms with Crippen LogP contribution in [-0.4, -0.2) is 6.23 Å². The molecule has 10 heavy (non-hydrogen) atoms. The molecule has 1 aromatic rings. The van der Waals surface area contributed by atoms with Gasteiger partial charge in [0, 0.05) is 5.38 Å². The average Bonchev–Trinajstić information content (AvgIpc) is 2.15. The molecular formula is C6H10ClNOS. The second-order valence-electron chi connectivity index (χ2n) is 1.78. The summed E-state index contributed by atoms with van der Waals surface area (Å²) >= 11 is 1.60. The third-order valence-electron chi connectivity index (χ3n) is 0.817. The molecule has 0 aliphatic heterocycles. The molecule has 1 rings (SSSR count). The first-order valence-electron chi connectivity index (χ1n) is 2.73. The van der Waals surface area contributed by atoms with Gasteiger partial charge in [0.1, 0.15) is 12.0 Å². The minimum atomic E-state index is -0.209. The van der Waals surface area contributed by atoms with E-state index in [1.54, 1.807) is 18.3 Å². The van der Waals surface area contributed by atoms with E-state index in [4.69, 9.17) is 10.5 Å². The highest BCUT2D eigenvalue weighted by Crippen LogP contribution is 2.14. The minimum Gasteiger partial charge on any atom is -0.475 e. The topological polar surface area (TPSA) is 35.2 Å². The van der Waals surface area contributed by atoms with Crippen molar-refractivity contribution in [1.29, 1.82) is 0 Å². The molecule has 1 unspecified atom stereocenters. The summed E-state index contributed by atoms with van der Waals surface area (Å²) in [6.45, 7) is 1.80. The number of hydrogen-bond donors (Lipinski definition) is 1. The van der Waals surface area contributed by atoms with Crippen molar-refractivity contribution in [2.24, 2.45) is 5.73 Å². The van der Waals surface area contributed by atoms with Gasteiger partial charge in [-0.2, -0.15) is 0 Å². The lowest BCUT2D eigenvalue weighted by Crippen LogP contribution is -2.21. The van der Waals surface area contributed by atoms with Gasteiger partial charge < -0.3 is 4.74 Å². The summed E-state index contributed by atoms with van der Waals surface area (Å²) in [5, 5.41) is 3.88. The molecule has 2 nitrogen and oxygen atoms in total. The van der Waals surface area contributed by atoms with Crippen LogP contribution in [0.25, 0.3) is 0 Å². The van der Waals surface area contributed by atoms with Gasteiger partial charge in [0.15, 0.2) is 0 Å². The molecule has 0 bridgehead atoms. The van der Waals surface area contributed by atoms with Crippen LogP contribution in [0.15, 0.2) is 16.8 Å². The lowest BCUT2D eigenvalue weighted by molar-refractivity contribution is 0.231. The quantitative estimate of drug-likeness (QED) is 0.704. The van der Waals surface area contributed by atoms with E-state index in [0.717, 1.165) is 5.75 Å². The molecule has 0 fully saturated rings. The third-order valence-corrected chi connectivity index (χ3v) is 1.48.